The van der Waals surface area contributed by atoms with Crippen molar-refractivity contribution in [3.63, 3.8) is 0 Å². The number of nitriles is 2. The monoisotopic (exact) mass is 784 g/mol. The number of ether oxygens (including phenoxy) is 2. The van der Waals surface area contributed by atoms with Crippen LogP contribution >= 0.6 is 0 Å². The van der Waals surface area contributed by atoms with Crippen LogP contribution in [0.1, 0.15) is 63.8 Å². The molecule has 60 heavy (non-hydrogen) atoms. The van der Waals surface area contributed by atoms with Crippen LogP contribution < -0.4 is 19.3 Å². The van der Waals surface area contributed by atoms with E-state index in [1.807, 2.05) is 60.7 Å². The first-order chi connectivity index (χ1) is 29.0. The van der Waals surface area contributed by atoms with E-state index in [4.69, 9.17) is 9.47 Å². The topological polar surface area (TPSA) is 72.5 Å². The second-order valence-corrected chi connectivity index (χ2v) is 17.1. The third kappa shape index (κ3) is 7.45. The molecule has 296 valence electrons. The molecule has 0 aliphatic carbocycles. The van der Waals surface area contributed by atoms with Gasteiger partial charge in [-0.15, -0.1) is 0 Å². The van der Waals surface area contributed by atoms with Crippen molar-refractivity contribution < 1.29 is 9.47 Å². The number of anilines is 6. The minimum atomic E-state index is -0.0839. The van der Waals surface area contributed by atoms with Gasteiger partial charge in [-0.1, -0.05) is 163 Å². The first-order valence-electron chi connectivity index (χ1n) is 20.4. The van der Waals surface area contributed by atoms with Gasteiger partial charge in [0.25, 0.3) is 0 Å². The maximum absolute atomic E-state index is 11.5. The van der Waals surface area contributed by atoms with Crippen molar-refractivity contribution in [1.29, 1.82) is 10.5 Å². The molecule has 0 unspecified atom stereocenters. The standard InChI is InChI=1S/C54H48N4O2/c1-53(2,3)39-25-29-41(30-26-39)57(47-23-15-13-21-43(47)37-17-9-7-10-18-37)49-45(35-55)46(36-56)50(52-51(49)59-33-34-60-52)58(42-31-27-40(28-32-42)54(4,5)6)48-24-16-14-22-44(48)38-19-11-8-12-20-38/h7-32H,33-34H2,1-6H3. The van der Waals surface area contributed by atoms with Crippen LogP contribution in [0.3, 0.4) is 0 Å². The van der Waals surface area contributed by atoms with Gasteiger partial charge in [0.2, 0.25) is 0 Å². The molecule has 6 nitrogen and oxygen atoms in total. The molecule has 0 saturated carbocycles. The van der Waals surface area contributed by atoms with Gasteiger partial charge in [-0.3, -0.25) is 0 Å². The lowest BCUT2D eigenvalue weighted by Gasteiger charge is -2.36. The van der Waals surface area contributed by atoms with Crippen molar-refractivity contribution in [2.24, 2.45) is 0 Å². The zero-order valence-corrected chi connectivity index (χ0v) is 35.0. The SMILES string of the molecule is CC(C)(C)c1ccc(N(c2ccccc2-c2ccccc2)c2c(C#N)c(C#N)c(N(c3ccc(C(C)(C)C)cc3)c3ccccc3-c3ccccc3)c3c2OCCO3)cc1. The Morgan fingerprint density at radius 3 is 1.10 bits per heavy atom. The summed E-state index contributed by atoms with van der Waals surface area (Å²) in [6, 6.07) is 58.6. The number of fused-ring (bicyclic) bond motifs is 1. The molecule has 0 fully saturated rings. The van der Waals surface area contributed by atoms with Crippen LogP contribution in [-0.4, -0.2) is 13.2 Å². The normalized spacial score (nSPS) is 12.3. The van der Waals surface area contributed by atoms with Crippen LogP contribution in [0, 0.1) is 22.7 Å². The van der Waals surface area contributed by atoms with E-state index in [9.17, 15) is 10.5 Å². The van der Waals surface area contributed by atoms with E-state index >= 15 is 0 Å². The Balaban J connectivity index is 1.47. The molecule has 0 amide bonds. The van der Waals surface area contributed by atoms with Gasteiger partial charge in [-0.05, 0) is 69.5 Å². The summed E-state index contributed by atoms with van der Waals surface area (Å²) in [5.41, 5.74) is 10.6. The minimum Gasteiger partial charge on any atom is -0.484 e. The van der Waals surface area contributed by atoms with Gasteiger partial charge < -0.3 is 19.3 Å². The van der Waals surface area contributed by atoms with Crippen molar-refractivity contribution in [2.45, 2.75) is 52.4 Å². The number of para-hydroxylation sites is 2. The molecule has 0 spiro atoms. The molecular formula is C54H48N4O2. The van der Waals surface area contributed by atoms with Crippen LogP contribution in [0.4, 0.5) is 34.1 Å². The van der Waals surface area contributed by atoms with Crippen molar-refractivity contribution in [3.05, 3.63) is 180 Å². The van der Waals surface area contributed by atoms with E-state index in [0.717, 1.165) is 45.0 Å². The Labute approximate surface area is 354 Å². The zero-order chi connectivity index (χ0) is 42.0. The molecule has 7 aromatic carbocycles. The van der Waals surface area contributed by atoms with Gasteiger partial charge in [0.05, 0.1) is 11.4 Å². The Morgan fingerprint density at radius 2 is 0.767 bits per heavy atom. The van der Waals surface area contributed by atoms with Crippen molar-refractivity contribution >= 4 is 34.1 Å². The van der Waals surface area contributed by atoms with Gasteiger partial charge >= 0.3 is 0 Å². The third-order valence-electron chi connectivity index (χ3n) is 11.0. The van der Waals surface area contributed by atoms with Gasteiger partial charge in [0.1, 0.15) is 47.9 Å². The van der Waals surface area contributed by atoms with Crippen LogP contribution in [0.5, 0.6) is 11.5 Å². The second kappa shape index (κ2) is 16.2. The highest BCUT2D eigenvalue weighted by atomic mass is 16.6. The van der Waals surface area contributed by atoms with E-state index in [0.29, 0.717) is 22.9 Å². The molecule has 0 bridgehead atoms. The first kappa shape index (κ1) is 39.5. The predicted molar refractivity (Wildman–Crippen MR) is 244 cm³/mol. The highest BCUT2D eigenvalue weighted by Crippen LogP contribution is 2.58. The summed E-state index contributed by atoms with van der Waals surface area (Å²) in [7, 11) is 0. The quantitative estimate of drug-likeness (QED) is 0.153. The average Bonchev–Trinajstić information content (AvgIpc) is 3.27. The summed E-state index contributed by atoms with van der Waals surface area (Å²) in [6.07, 6.45) is 0. The Hall–Kier alpha value is -7.28. The van der Waals surface area contributed by atoms with Gasteiger partial charge in [-0.2, -0.15) is 10.5 Å². The summed E-state index contributed by atoms with van der Waals surface area (Å²) >= 11 is 0. The van der Waals surface area contributed by atoms with Gasteiger partial charge in [0, 0.05) is 22.5 Å². The fourth-order valence-corrected chi connectivity index (χ4v) is 7.94. The average molecular weight is 785 g/mol. The molecule has 1 aliphatic rings. The fraction of sp³-hybridized carbons (Fsp3) is 0.185. The van der Waals surface area contributed by atoms with Crippen LogP contribution in [-0.2, 0) is 10.8 Å². The van der Waals surface area contributed by atoms with Crippen LogP contribution in [0.15, 0.2) is 158 Å². The number of nitrogens with zero attached hydrogens (tertiary/aromatic N) is 4. The molecule has 7 aromatic rings. The first-order valence-corrected chi connectivity index (χ1v) is 20.4. The van der Waals surface area contributed by atoms with Gasteiger partial charge in [-0.25, -0.2) is 0 Å². The summed E-state index contributed by atoms with van der Waals surface area (Å²) in [6.45, 7) is 13.7. The predicted octanol–water partition coefficient (Wildman–Crippen LogP) is 14.1. The number of benzene rings is 7. The molecule has 0 aromatic heterocycles. The number of hydrogen-bond acceptors (Lipinski definition) is 6. The number of hydrogen-bond donors (Lipinski definition) is 0. The van der Waals surface area contributed by atoms with Crippen molar-refractivity contribution in [3.8, 4) is 45.9 Å². The molecule has 8 rings (SSSR count). The van der Waals surface area contributed by atoms with Crippen molar-refractivity contribution in [1.82, 2.24) is 0 Å². The lowest BCUT2D eigenvalue weighted by molar-refractivity contribution is 0.173. The summed E-state index contributed by atoms with van der Waals surface area (Å²) < 4.78 is 13.5. The highest BCUT2D eigenvalue weighted by Gasteiger charge is 2.37. The Kier molecular flexibility index (Phi) is 10.7. The van der Waals surface area contributed by atoms with E-state index < -0.39 is 0 Å². The van der Waals surface area contributed by atoms with Crippen molar-refractivity contribution in [2.75, 3.05) is 23.0 Å². The molecule has 1 heterocycles. The molecule has 0 atom stereocenters. The molecule has 6 heteroatoms. The van der Waals surface area contributed by atoms with Crippen LogP contribution in [0.25, 0.3) is 22.3 Å². The maximum atomic E-state index is 11.5. The lowest BCUT2D eigenvalue weighted by atomic mass is 9.87. The highest BCUT2D eigenvalue weighted by molar-refractivity contribution is 6.00. The summed E-state index contributed by atoms with van der Waals surface area (Å²) in [4.78, 5) is 4.12. The van der Waals surface area contributed by atoms with Crippen LogP contribution in [0.2, 0.25) is 0 Å². The maximum Gasteiger partial charge on any atom is 0.189 e. The third-order valence-corrected chi connectivity index (χ3v) is 11.0. The van der Waals surface area contributed by atoms with Gasteiger partial charge in [0.15, 0.2) is 11.5 Å². The minimum absolute atomic E-state index is 0.0839. The molecule has 0 N–H and O–H groups in total. The largest absolute Gasteiger partial charge is 0.484 e. The van der Waals surface area contributed by atoms with E-state index in [2.05, 4.69) is 161 Å². The van der Waals surface area contributed by atoms with E-state index in [1.54, 1.807) is 0 Å². The second-order valence-electron chi connectivity index (χ2n) is 17.1. The molecule has 0 radical (unpaired) electrons. The number of rotatable bonds is 8. The molecular weight excluding hydrogens is 737 g/mol. The van der Waals surface area contributed by atoms with E-state index in [1.165, 1.54) is 11.1 Å². The Morgan fingerprint density at radius 1 is 0.433 bits per heavy atom. The summed E-state index contributed by atoms with van der Waals surface area (Å²) in [5, 5.41) is 22.9. The lowest BCUT2D eigenvalue weighted by Crippen LogP contribution is -2.24. The molecule has 1 aliphatic heterocycles. The van der Waals surface area contributed by atoms with E-state index in [-0.39, 0.29) is 35.2 Å². The smallest absolute Gasteiger partial charge is 0.189 e. The fourth-order valence-electron chi connectivity index (χ4n) is 7.94. The Bertz CT molecular complexity index is 2540. The summed E-state index contributed by atoms with van der Waals surface area (Å²) in [5.74, 6) is 0.783. The zero-order valence-electron chi connectivity index (χ0n) is 35.0. The molecule has 0 saturated heterocycles.